The molecule has 0 radical (unpaired) electrons. The molecule has 1 saturated heterocycles. The standard InChI is InChI=1S/C23H24N2O3S/c1-27-18-13-16(14-19(15-18)28-2)7-8-22(26)25-11-9-17(10-12-25)23-24-20-5-3-4-6-21(20)29-23/h3-8,13-15,17H,9-12H2,1-2H3/b8-7+. The molecule has 1 amide bonds. The van der Waals surface area contributed by atoms with Gasteiger partial charge < -0.3 is 14.4 Å². The smallest absolute Gasteiger partial charge is 0.246 e. The van der Waals surface area contributed by atoms with Crippen LogP contribution in [0.1, 0.15) is 29.3 Å². The summed E-state index contributed by atoms with van der Waals surface area (Å²) in [5.41, 5.74) is 1.95. The molecule has 0 unspecified atom stereocenters. The van der Waals surface area contributed by atoms with Gasteiger partial charge in [-0.25, -0.2) is 4.98 Å². The Kier molecular flexibility index (Phi) is 5.81. The third-order valence-corrected chi connectivity index (χ3v) is 6.46. The van der Waals surface area contributed by atoms with Gasteiger partial charge in [-0.05, 0) is 48.7 Å². The molecule has 29 heavy (non-hydrogen) atoms. The molecule has 3 aromatic rings. The highest BCUT2D eigenvalue weighted by atomic mass is 32.1. The van der Waals surface area contributed by atoms with Gasteiger partial charge in [-0.1, -0.05) is 12.1 Å². The number of hydrogen-bond donors (Lipinski definition) is 0. The van der Waals surface area contributed by atoms with Gasteiger partial charge in [-0.3, -0.25) is 4.79 Å². The highest BCUT2D eigenvalue weighted by molar-refractivity contribution is 7.18. The maximum Gasteiger partial charge on any atom is 0.246 e. The molecule has 1 aliphatic rings. The Hall–Kier alpha value is -2.86. The molecule has 0 saturated carbocycles. The lowest BCUT2D eigenvalue weighted by atomic mass is 9.97. The summed E-state index contributed by atoms with van der Waals surface area (Å²) >= 11 is 1.78. The quantitative estimate of drug-likeness (QED) is 0.573. The predicted octanol–water partition coefficient (Wildman–Crippen LogP) is 4.73. The van der Waals surface area contributed by atoms with Gasteiger partial charge in [0.1, 0.15) is 11.5 Å². The average Bonchev–Trinajstić information content (AvgIpc) is 3.21. The molecular weight excluding hydrogens is 384 g/mol. The number of amides is 1. The minimum absolute atomic E-state index is 0.0366. The van der Waals surface area contributed by atoms with Crippen LogP contribution < -0.4 is 9.47 Å². The first-order valence-electron chi connectivity index (χ1n) is 9.72. The van der Waals surface area contributed by atoms with E-state index in [1.165, 1.54) is 9.71 Å². The van der Waals surface area contributed by atoms with Gasteiger partial charge in [0.25, 0.3) is 0 Å². The summed E-state index contributed by atoms with van der Waals surface area (Å²) in [5.74, 6) is 1.87. The molecule has 4 rings (SSSR count). The molecule has 150 valence electrons. The third kappa shape index (κ3) is 4.43. The van der Waals surface area contributed by atoms with Crippen molar-refractivity contribution in [3.05, 3.63) is 59.1 Å². The van der Waals surface area contributed by atoms with Gasteiger partial charge in [0.15, 0.2) is 0 Å². The number of likely N-dealkylation sites (tertiary alicyclic amines) is 1. The van der Waals surface area contributed by atoms with Crippen molar-refractivity contribution in [1.82, 2.24) is 9.88 Å². The summed E-state index contributed by atoms with van der Waals surface area (Å²) in [6, 6.07) is 13.8. The molecule has 1 fully saturated rings. The largest absolute Gasteiger partial charge is 0.497 e. The maximum absolute atomic E-state index is 12.6. The van der Waals surface area contributed by atoms with Crippen LogP contribution in [0.25, 0.3) is 16.3 Å². The number of fused-ring (bicyclic) bond motifs is 1. The maximum atomic E-state index is 12.6. The number of hydrogen-bond acceptors (Lipinski definition) is 5. The summed E-state index contributed by atoms with van der Waals surface area (Å²) in [6.07, 6.45) is 5.35. The van der Waals surface area contributed by atoms with E-state index in [0.29, 0.717) is 17.4 Å². The molecule has 0 bridgehead atoms. The lowest BCUT2D eigenvalue weighted by Crippen LogP contribution is -2.36. The zero-order valence-corrected chi connectivity index (χ0v) is 17.4. The molecule has 2 aromatic carbocycles. The number of piperidine rings is 1. The first-order valence-corrected chi connectivity index (χ1v) is 10.5. The second kappa shape index (κ2) is 8.66. The number of rotatable bonds is 5. The number of methoxy groups -OCH3 is 2. The number of carbonyl (C=O) groups is 1. The fourth-order valence-electron chi connectivity index (χ4n) is 3.61. The monoisotopic (exact) mass is 408 g/mol. The van der Waals surface area contributed by atoms with Gasteiger partial charge in [0.2, 0.25) is 5.91 Å². The Bertz CT molecular complexity index is 980. The Balaban J connectivity index is 1.38. The number of benzene rings is 2. The fourth-order valence-corrected chi connectivity index (χ4v) is 4.75. The zero-order valence-electron chi connectivity index (χ0n) is 16.6. The van der Waals surface area contributed by atoms with E-state index in [1.54, 1.807) is 31.6 Å². The first-order chi connectivity index (χ1) is 14.2. The number of aromatic nitrogens is 1. The highest BCUT2D eigenvalue weighted by Gasteiger charge is 2.25. The van der Waals surface area contributed by atoms with E-state index in [4.69, 9.17) is 14.5 Å². The lowest BCUT2D eigenvalue weighted by Gasteiger charge is -2.30. The van der Waals surface area contributed by atoms with Crippen LogP contribution in [0.5, 0.6) is 11.5 Å². The molecular formula is C23H24N2O3S. The summed E-state index contributed by atoms with van der Waals surface area (Å²) in [4.78, 5) is 19.3. The molecule has 0 atom stereocenters. The Morgan fingerprint density at radius 3 is 2.45 bits per heavy atom. The minimum atomic E-state index is 0.0366. The molecule has 5 nitrogen and oxygen atoms in total. The van der Waals surface area contributed by atoms with E-state index < -0.39 is 0 Å². The van der Waals surface area contributed by atoms with Crippen LogP contribution in [0.4, 0.5) is 0 Å². The van der Waals surface area contributed by atoms with Gasteiger partial charge in [-0.2, -0.15) is 0 Å². The fraction of sp³-hybridized carbons (Fsp3) is 0.304. The number of nitrogens with zero attached hydrogens (tertiary/aromatic N) is 2. The molecule has 2 heterocycles. The van der Waals surface area contributed by atoms with E-state index in [0.717, 1.165) is 37.0 Å². The second-order valence-electron chi connectivity index (χ2n) is 7.10. The van der Waals surface area contributed by atoms with Crippen LogP contribution in [0.3, 0.4) is 0 Å². The van der Waals surface area contributed by atoms with E-state index in [2.05, 4.69) is 18.2 Å². The number of thiazole rings is 1. The van der Waals surface area contributed by atoms with Gasteiger partial charge in [-0.15, -0.1) is 11.3 Å². The highest BCUT2D eigenvalue weighted by Crippen LogP contribution is 2.34. The molecule has 1 aliphatic heterocycles. The molecule has 0 spiro atoms. The normalized spacial score (nSPS) is 15.2. The molecule has 1 aromatic heterocycles. The average molecular weight is 409 g/mol. The van der Waals surface area contributed by atoms with Crippen LogP contribution in [0.2, 0.25) is 0 Å². The summed E-state index contributed by atoms with van der Waals surface area (Å²) in [7, 11) is 3.23. The lowest BCUT2D eigenvalue weighted by molar-refractivity contribution is -0.126. The minimum Gasteiger partial charge on any atom is -0.497 e. The van der Waals surface area contributed by atoms with E-state index in [1.807, 2.05) is 35.2 Å². The SMILES string of the molecule is COc1cc(/C=C/C(=O)N2CCC(c3nc4ccccc4s3)CC2)cc(OC)c1. The van der Waals surface area contributed by atoms with E-state index in [9.17, 15) is 4.79 Å². The van der Waals surface area contributed by atoms with Crippen LogP contribution in [-0.4, -0.2) is 43.1 Å². The van der Waals surface area contributed by atoms with Crippen molar-refractivity contribution in [1.29, 1.82) is 0 Å². The Morgan fingerprint density at radius 1 is 1.10 bits per heavy atom. The van der Waals surface area contributed by atoms with E-state index >= 15 is 0 Å². The topological polar surface area (TPSA) is 51.7 Å². The predicted molar refractivity (Wildman–Crippen MR) is 117 cm³/mol. The zero-order chi connectivity index (χ0) is 20.2. The van der Waals surface area contributed by atoms with Crippen LogP contribution in [0, 0.1) is 0 Å². The number of carbonyl (C=O) groups excluding carboxylic acids is 1. The van der Waals surface area contributed by atoms with Crippen LogP contribution in [-0.2, 0) is 4.79 Å². The molecule has 0 aliphatic carbocycles. The second-order valence-corrected chi connectivity index (χ2v) is 8.16. The van der Waals surface area contributed by atoms with E-state index in [-0.39, 0.29) is 5.91 Å². The molecule has 6 heteroatoms. The van der Waals surface area contributed by atoms with Crippen molar-refractivity contribution in [2.45, 2.75) is 18.8 Å². The van der Waals surface area contributed by atoms with Gasteiger partial charge in [0, 0.05) is 31.1 Å². The van der Waals surface area contributed by atoms with Crippen LogP contribution >= 0.6 is 11.3 Å². The van der Waals surface area contributed by atoms with Crippen LogP contribution in [0.15, 0.2) is 48.5 Å². The molecule has 0 N–H and O–H groups in total. The summed E-state index contributed by atoms with van der Waals surface area (Å²) in [5, 5.41) is 1.19. The Labute approximate surface area is 174 Å². The first kappa shape index (κ1) is 19.5. The van der Waals surface area contributed by atoms with Crippen molar-refractivity contribution in [2.24, 2.45) is 0 Å². The third-order valence-electron chi connectivity index (χ3n) is 5.26. The van der Waals surface area contributed by atoms with Gasteiger partial charge >= 0.3 is 0 Å². The number of ether oxygens (including phenoxy) is 2. The van der Waals surface area contributed by atoms with Crippen molar-refractivity contribution >= 4 is 33.5 Å². The van der Waals surface area contributed by atoms with Gasteiger partial charge in [0.05, 0.1) is 29.4 Å². The van der Waals surface area contributed by atoms with Crippen molar-refractivity contribution in [3.63, 3.8) is 0 Å². The Morgan fingerprint density at radius 2 is 1.79 bits per heavy atom. The van der Waals surface area contributed by atoms with Crippen molar-refractivity contribution in [2.75, 3.05) is 27.3 Å². The van der Waals surface area contributed by atoms with Crippen molar-refractivity contribution < 1.29 is 14.3 Å². The summed E-state index contributed by atoms with van der Waals surface area (Å²) < 4.78 is 11.8. The number of para-hydroxylation sites is 1. The van der Waals surface area contributed by atoms with Crippen molar-refractivity contribution in [3.8, 4) is 11.5 Å². The summed E-state index contributed by atoms with van der Waals surface area (Å²) in [6.45, 7) is 1.51.